The van der Waals surface area contributed by atoms with Crippen molar-refractivity contribution in [3.8, 4) is 0 Å². The van der Waals surface area contributed by atoms with Crippen LogP contribution in [-0.2, 0) is 5.75 Å². The molecule has 4 nitrogen and oxygen atoms in total. The maximum absolute atomic E-state index is 12.2. The molecule has 1 amide bonds. The van der Waals surface area contributed by atoms with E-state index in [1.54, 1.807) is 13.0 Å². The Labute approximate surface area is 180 Å². The van der Waals surface area contributed by atoms with E-state index in [9.17, 15) is 4.79 Å². The first-order valence-corrected chi connectivity index (χ1v) is 12.3. The van der Waals surface area contributed by atoms with Crippen molar-refractivity contribution in [1.82, 2.24) is 5.16 Å². The van der Waals surface area contributed by atoms with E-state index in [-0.39, 0.29) is 5.91 Å². The fraction of sp³-hybridized carbons (Fsp3) is 0.583. The molecule has 0 atom stereocenters. The van der Waals surface area contributed by atoms with Crippen molar-refractivity contribution in [2.45, 2.75) is 83.8 Å². The summed E-state index contributed by atoms with van der Waals surface area (Å²) in [6.07, 6.45) is 13.8. The van der Waals surface area contributed by atoms with Crippen molar-refractivity contribution in [1.29, 1.82) is 0 Å². The highest BCUT2D eigenvalue weighted by Gasteiger charge is 2.08. The van der Waals surface area contributed by atoms with Gasteiger partial charge in [0, 0.05) is 17.4 Å². The van der Waals surface area contributed by atoms with Gasteiger partial charge < -0.3 is 9.84 Å². The number of hydrogen-bond acceptors (Lipinski definition) is 4. The summed E-state index contributed by atoms with van der Waals surface area (Å²) in [5, 5.41) is 6.53. The first kappa shape index (κ1) is 23.5. The second kappa shape index (κ2) is 14.3. The Hall–Kier alpha value is -1.75. The number of amides is 1. The molecule has 0 spiro atoms. The summed E-state index contributed by atoms with van der Waals surface area (Å²) in [5.41, 5.74) is 1.89. The summed E-state index contributed by atoms with van der Waals surface area (Å²) in [6.45, 7) is 4.07. The van der Waals surface area contributed by atoms with Gasteiger partial charge in [-0.15, -0.1) is 0 Å². The van der Waals surface area contributed by atoms with Crippen LogP contribution >= 0.6 is 11.8 Å². The summed E-state index contributed by atoms with van der Waals surface area (Å²) < 4.78 is 4.96. The molecular weight excluding hydrogens is 380 g/mol. The molecule has 1 N–H and O–H groups in total. The van der Waals surface area contributed by atoms with E-state index in [2.05, 4.69) is 17.4 Å². The molecule has 160 valence electrons. The number of unbranched alkanes of at least 4 members (excludes halogenated alkanes) is 9. The van der Waals surface area contributed by atoms with Crippen molar-refractivity contribution in [2.75, 3.05) is 11.1 Å². The monoisotopic (exact) mass is 416 g/mol. The van der Waals surface area contributed by atoms with Gasteiger partial charge in [0.15, 0.2) is 5.82 Å². The largest absolute Gasteiger partial charge is 0.360 e. The van der Waals surface area contributed by atoms with Crippen molar-refractivity contribution in [2.24, 2.45) is 0 Å². The molecule has 1 heterocycles. The molecule has 0 aliphatic carbocycles. The van der Waals surface area contributed by atoms with Crippen LogP contribution in [0.3, 0.4) is 0 Å². The van der Waals surface area contributed by atoms with Gasteiger partial charge in [0.25, 0.3) is 5.91 Å². The number of thioether (sulfide) groups is 1. The fourth-order valence-corrected chi connectivity index (χ4v) is 4.23. The lowest BCUT2D eigenvalue weighted by Crippen LogP contribution is -2.11. The lowest BCUT2D eigenvalue weighted by Gasteiger charge is -2.05. The van der Waals surface area contributed by atoms with Gasteiger partial charge in [-0.1, -0.05) is 82.0 Å². The summed E-state index contributed by atoms with van der Waals surface area (Å²) in [5.74, 6) is 3.17. The van der Waals surface area contributed by atoms with Crippen molar-refractivity contribution in [3.05, 3.63) is 47.2 Å². The molecule has 0 saturated carbocycles. The second-order valence-corrected chi connectivity index (χ2v) is 8.81. The predicted octanol–water partition coefficient (Wildman–Crippen LogP) is 7.39. The first-order valence-electron chi connectivity index (χ1n) is 11.1. The molecule has 0 unspecified atom stereocenters. The number of nitrogens with one attached hydrogen (secondary N) is 1. The molecule has 0 fully saturated rings. The van der Waals surface area contributed by atoms with Gasteiger partial charge in [-0.3, -0.25) is 4.79 Å². The maximum atomic E-state index is 12.2. The number of aromatic nitrogens is 1. The second-order valence-electron chi connectivity index (χ2n) is 7.71. The van der Waals surface area contributed by atoms with Crippen LogP contribution in [-0.4, -0.2) is 16.8 Å². The third-order valence-electron chi connectivity index (χ3n) is 5.00. The van der Waals surface area contributed by atoms with Crippen LogP contribution in [0, 0.1) is 6.92 Å². The van der Waals surface area contributed by atoms with E-state index in [1.165, 1.54) is 75.5 Å². The SMILES string of the molecule is CCCCCCCCCCCCSCc1ccc(C(=O)Nc2cc(C)on2)cc1. The lowest BCUT2D eigenvalue weighted by atomic mass is 10.1. The van der Waals surface area contributed by atoms with E-state index in [4.69, 9.17) is 4.52 Å². The molecule has 0 aliphatic rings. The zero-order valence-corrected chi connectivity index (χ0v) is 18.9. The number of benzene rings is 1. The smallest absolute Gasteiger partial charge is 0.256 e. The van der Waals surface area contributed by atoms with E-state index in [1.807, 2.05) is 36.0 Å². The van der Waals surface area contributed by atoms with Crippen molar-refractivity contribution in [3.63, 3.8) is 0 Å². The van der Waals surface area contributed by atoms with E-state index >= 15 is 0 Å². The van der Waals surface area contributed by atoms with Crippen LogP contribution in [0.15, 0.2) is 34.9 Å². The Bertz CT molecular complexity index is 697. The average molecular weight is 417 g/mol. The highest BCUT2D eigenvalue weighted by molar-refractivity contribution is 7.98. The highest BCUT2D eigenvalue weighted by Crippen LogP contribution is 2.17. The Morgan fingerprint density at radius 3 is 2.17 bits per heavy atom. The number of rotatable bonds is 15. The van der Waals surface area contributed by atoms with Crippen LogP contribution in [0.4, 0.5) is 5.82 Å². The summed E-state index contributed by atoms with van der Waals surface area (Å²) >= 11 is 1.98. The van der Waals surface area contributed by atoms with Crippen LogP contribution in [0.1, 0.15) is 92.8 Å². The minimum atomic E-state index is -0.164. The standard InChI is InChI=1S/C24H36N2O2S/c1-3-4-5-6-7-8-9-10-11-12-17-29-19-21-13-15-22(16-14-21)24(27)25-23-18-20(2)28-26-23/h13-16,18H,3-12,17,19H2,1-2H3,(H,25,26,27). The molecule has 0 aliphatic heterocycles. The van der Waals surface area contributed by atoms with E-state index < -0.39 is 0 Å². The minimum Gasteiger partial charge on any atom is -0.360 e. The molecule has 1 aromatic carbocycles. The third-order valence-corrected chi connectivity index (χ3v) is 6.11. The van der Waals surface area contributed by atoms with Gasteiger partial charge in [0.05, 0.1) is 0 Å². The number of hydrogen-bond donors (Lipinski definition) is 1. The Morgan fingerprint density at radius 2 is 1.59 bits per heavy atom. The van der Waals surface area contributed by atoms with Crippen LogP contribution in [0.5, 0.6) is 0 Å². The van der Waals surface area contributed by atoms with Gasteiger partial charge in [-0.2, -0.15) is 11.8 Å². The molecule has 0 saturated heterocycles. The number of anilines is 1. The summed E-state index contributed by atoms with van der Waals surface area (Å²) in [7, 11) is 0. The molecule has 0 bridgehead atoms. The van der Waals surface area contributed by atoms with Crippen LogP contribution in [0.25, 0.3) is 0 Å². The zero-order chi connectivity index (χ0) is 20.7. The molecule has 5 heteroatoms. The van der Waals surface area contributed by atoms with Gasteiger partial charge in [-0.25, -0.2) is 0 Å². The van der Waals surface area contributed by atoms with Gasteiger partial charge >= 0.3 is 0 Å². The summed E-state index contributed by atoms with van der Waals surface area (Å²) in [4.78, 5) is 12.2. The predicted molar refractivity (Wildman–Crippen MR) is 124 cm³/mol. The van der Waals surface area contributed by atoms with Crippen LogP contribution < -0.4 is 5.32 Å². The molecule has 1 aromatic heterocycles. The minimum absolute atomic E-state index is 0.164. The lowest BCUT2D eigenvalue weighted by molar-refractivity contribution is 0.102. The average Bonchev–Trinajstić information content (AvgIpc) is 3.13. The maximum Gasteiger partial charge on any atom is 0.256 e. The topological polar surface area (TPSA) is 55.1 Å². The van der Waals surface area contributed by atoms with Crippen LogP contribution in [0.2, 0.25) is 0 Å². The number of nitrogens with zero attached hydrogens (tertiary/aromatic N) is 1. The molecule has 29 heavy (non-hydrogen) atoms. The van der Waals surface area contributed by atoms with Gasteiger partial charge in [0.1, 0.15) is 5.76 Å². The summed E-state index contributed by atoms with van der Waals surface area (Å²) in [6, 6.07) is 9.52. The Kier molecular flexibility index (Phi) is 11.6. The molecule has 0 radical (unpaired) electrons. The first-order chi connectivity index (χ1) is 14.2. The molecule has 2 aromatic rings. The van der Waals surface area contributed by atoms with Crippen molar-refractivity contribution < 1.29 is 9.32 Å². The molecule has 2 rings (SSSR count). The van der Waals surface area contributed by atoms with Gasteiger partial charge in [-0.05, 0) is 36.8 Å². The molecular formula is C24H36N2O2S. The zero-order valence-electron chi connectivity index (χ0n) is 18.0. The quantitative estimate of drug-likeness (QED) is 0.307. The third kappa shape index (κ3) is 10.0. The number of carbonyl (C=O) groups excluding carboxylic acids is 1. The van der Waals surface area contributed by atoms with Gasteiger partial charge in [0.2, 0.25) is 0 Å². The van der Waals surface area contributed by atoms with E-state index in [0.29, 0.717) is 17.1 Å². The number of carbonyl (C=O) groups is 1. The Morgan fingerprint density at radius 1 is 0.966 bits per heavy atom. The van der Waals surface area contributed by atoms with E-state index in [0.717, 1.165) is 5.75 Å². The number of aryl methyl sites for hydroxylation is 1. The fourth-order valence-electron chi connectivity index (χ4n) is 3.25. The normalized spacial score (nSPS) is 11.0. The van der Waals surface area contributed by atoms with Crippen molar-refractivity contribution >= 4 is 23.5 Å². The highest BCUT2D eigenvalue weighted by atomic mass is 32.2. The Balaban J connectivity index is 1.51.